The molecule has 0 aromatic heterocycles. The molecule has 0 radical (unpaired) electrons. The van der Waals surface area contributed by atoms with E-state index >= 15 is 0 Å². The van der Waals surface area contributed by atoms with E-state index in [1.165, 1.54) is 0 Å². The van der Waals surface area contributed by atoms with Crippen molar-refractivity contribution in [1.82, 2.24) is 0 Å². The van der Waals surface area contributed by atoms with Crippen molar-refractivity contribution in [3.05, 3.63) is 36.4 Å². The highest BCUT2D eigenvalue weighted by Gasteiger charge is 2.18. The average Bonchev–Trinajstić information content (AvgIpc) is 2.26. The van der Waals surface area contributed by atoms with Crippen molar-refractivity contribution in [3.63, 3.8) is 0 Å². The van der Waals surface area contributed by atoms with Gasteiger partial charge in [0.05, 0.1) is 0 Å². The van der Waals surface area contributed by atoms with Gasteiger partial charge in [0.25, 0.3) is 0 Å². The minimum Gasteiger partial charge on any atom is -0.478 e. The molecule has 0 N–H and O–H groups in total. The molecule has 2 aromatic rings. The van der Waals surface area contributed by atoms with Gasteiger partial charge in [-0.3, -0.25) is 0 Å². The fourth-order valence-electron chi connectivity index (χ4n) is 1.68. The first kappa shape index (κ1) is 8.29. The Morgan fingerprint density at radius 1 is 1.00 bits per heavy atom. The molecule has 3 nitrogen and oxygen atoms in total. The Bertz CT molecular complexity index is 546. The van der Waals surface area contributed by atoms with E-state index in [0.29, 0.717) is 11.5 Å². The Labute approximate surface area is 86.2 Å². The molecule has 0 fully saturated rings. The highest BCUT2D eigenvalue weighted by molar-refractivity contribution is 5.88. The number of ether oxygens (including phenoxy) is 2. The molecule has 1 aliphatic rings. The van der Waals surface area contributed by atoms with Crippen LogP contribution in [0.25, 0.3) is 10.8 Å². The van der Waals surface area contributed by atoms with Gasteiger partial charge in [0, 0.05) is 0 Å². The molecule has 3 heteroatoms. The quantitative estimate of drug-likeness (QED) is 0.482. The summed E-state index contributed by atoms with van der Waals surface area (Å²) in [5.74, 6) is 0.788. The highest BCUT2D eigenvalue weighted by Crippen LogP contribution is 2.34. The predicted octanol–water partition coefficient (Wildman–Crippen LogP) is 2.14. The van der Waals surface area contributed by atoms with E-state index in [1.54, 1.807) is 0 Å². The summed E-state index contributed by atoms with van der Waals surface area (Å²) in [7, 11) is 0. The van der Waals surface area contributed by atoms with Crippen LogP contribution in [0.1, 0.15) is 0 Å². The van der Waals surface area contributed by atoms with Gasteiger partial charge in [0.1, 0.15) is 0 Å². The molecule has 0 saturated heterocycles. The molecule has 0 bridgehead atoms. The van der Waals surface area contributed by atoms with Crippen LogP contribution in [0, 0.1) is 0 Å². The summed E-state index contributed by atoms with van der Waals surface area (Å²) >= 11 is 0. The first-order valence-corrected chi connectivity index (χ1v) is 4.69. The molecule has 0 unspecified atom stereocenters. The maximum absolute atomic E-state index is 11.0. The largest absolute Gasteiger partial charge is 0.478 e. The third-order valence-corrected chi connectivity index (χ3v) is 2.38. The lowest BCUT2D eigenvalue weighted by Gasteiger charge is -2.17. The molecule has 0 saturated carbocycles. The predicted molar refractivity (Wildman–Crippen MR) is 55.1 cm³/mol. The van der Waals surface area contributed by atoms with Gasteiger partial charge in [-0.05, 0) is 22.9 Å². The van der Waals surface area contributed by atoms with E-state index in [1.807, 2.05) is 36.4 Å². The molecular formula is C12H8O3. The van der Waals surface area contributed by atoms with Crippen LogP contribution in [0.4, 0.5) is 0 Å². The van der Waals surface area contributed by atoms with E-state index < -0.39 is 0 Å². The van der Waals surface area contributed by atoms with Gasteiger partial charge in [-0.25, -0.2) is 4.79 Å². The second-order valence-electron chi connectivity index (χ2n) is 3.41. The maximum Gasteiger partial charge on any atom is 0.349 e. The van der Waals surface area contributed by atoms with E-state index in [-0.39, 0.29) is 12.6 Å². The zero-order valence-corrected chi connectivity index (χ0v) is 7.90. The Balaban J connectivity index is 2.24. The van der Waals surface area contributed by atoms with Gasteiger partial charge < -0.3 is 9.47 Å². The summed E-state index contributed by atoms with van der Waals surface area (Å²) in [5.41, 5.74) is 0. The van der Waals surface area contributed by atoms with Crippen molar-refractivity contribution < 1.29 is 14.3 Å². The van der Waals surface area contributed by atoms with Crippen LogP contribution in [0.5, 0.6) is 11.5 Å². The molecule has 15 heavy (non-hydrogen) atoms. The average molecular weight is 200 g/mol. The normalized spacial score (nSPS) is 14.3. The van der Waals surface area contributed by atoms with Crippen molar-refractivity contribution in [2.75, 3.05) is 6.61 Å². The molecule has 0 spiro atoms. The first-order chi connectivity index (χ1) is 7.33. The molecule has 1 heterocycles. The van der Waals surface area contributed by atoms with Crippen molar-refractivity contribution in [2.45, 2.75) is 0 Å². The highest BCUT2D eigenvalue weighted by atomic mass is 16.6. The van der Waals surface area contributed by atoms with Crippen LogP contribution < -0.4 is 9.47 Å². The van der Waals surface area contributed by atoms with Gasteiger partial charge >= 0.3 is 5.97 Å². The van der Waals surface area contributed by atoms with Gasteiger partial charge in [0.15, 0.2) is 18.1 Å². The molecule has 0 amide bonds. The molecule has 2 aromatic carbocycles. The number of benzene rings is 2. The number of esters is 1. The molecule has 1 aliphatic heterocycles. The van der Waals surface area contributed by atoms with Gasteiger partial charge in [-0.15, -0.1) is 0 Å². The Morgan fingerprint density at radius 3 is 2.40 bits per heavy atom. The lowest BCUT2D eigenvalue weighted by atomic mass is 10.1. The third-order valence-electron chi connectivity index (χ3n) is 2.38. The molecular weight excluding hydrogens is 192 g/mol. The molecule has 0 aliphatic carbocycles. The smallest absolute Gasteiger partial charge is 0.349 e. The van der Waals surface area contributed by atoms with Gasteiger partial charge in [0.2, 0.25) is 0 Å². The van der Waals surface area contributed by atoms with E-state index in [4.69, 9.17) is 9.47 Å². The lowest BCUT2D eigenvalue weighted by Crippen LogP contribution is -2.22. The fourth-order valence-corrected chi connectivity index (χ4v) is 1.68. The van der Waals surface area contributed by atoms with E-state index in [0.717, 1.165) is 10.8 Å². The standard InChI is InChI=1S/C12H8O3/c13-12-7-14-10-5-8-3-1-2-4-9(8)6-11(10)15-12/h1-6H,7H2. The van der Waals surface area contributed by atoms with Crippen LogP contribution in [0.15, 0.2) is 36.4 Å². The Morgan fingerprint density at radius 2 is 1.67 bits per heavy atom. The second kappa shape index (κ2) is 2.98. The number of carbonyl (C=O) groups is 1. The molecule has 3 rings (SSSR count). The third kappa shape index (κ3) is 1.32. The van der Waals surface area contributed by atoms with Crippen LogP contribution in [0.3, 0.4) is 0 Å². The monoisotopic (exact) mass is 200 g/mol. The SMILES string of the molecule is O=C1COc2cc3ccccc3cc2O1. The van der Waals surface area contributed by atoms with Crippen LogP contribution in [-0.2, 0) is 4.79 Å². The summed E-state index contributed by atoms with van der Waals surface area (Å²) in [6.07, 6.45) is 0. The molecule has 0 atom stereocenters. The number of hydrogen-bond donors (Lipinski definition) is 0. The van der Waals surface area contributed by atoms with Crippen molar-refractivity contribution >= 4 is 16.7 Å². The van der Waals surface area contributed by atoms with Crippen LogP contribution in [0.2, 0.25) is 0 Å². The van der Waals surface area contributed by atoms with Gasteiger partial charge in [-0.2, -0.15) is 0 Å². The topological polar surface area (TPSA) is 35.5 Å². The number of fused-ring (bicyclic) bond motifs is 2. The fraction of sp³-hybridized carbons (Fsp3) is 0.0833. The van der Waals surface area contributed by atoms with E-state index in [9.17, 15) is 4.79 Å². The van der Waals surface area contributed by atoms with Crippen molar-refractivity contribution in [2.24, 2.45) is 0 Å². The zero-order valence-electron chi connectivity index (χ0n) is 7.90. The second-order valence-corrected chi connectivity index (χ2v) is 3.41. The zero-order chi connectivity index (χ0) is 10.3. The summed E-state index contributed by atoms with van der Waals surface area (Å²) in [4.78, 5) is 11.0. The molecule has 74 valence electrons. The summed E-state index contributed by atoms with van der Waals surface area (Å²) in [5, 5.41) is 2.11. The number of hydrogen-bond acceptors (Lipinski definition) is 3. The summed E-state index contributed by atoms with van der Waals surface area (Å²) < 4.78 is 10.3. The van der Waals surface area contributed by atoms with Crippen molar-refractivity contribution in [3.8, 4) is 11.5 Å². The minimum absolute atomic E-state index is 0.00859. The maximum atomic E-state index is 11.0. The van der Waals surface area contributed by atoms with Crippen LogP contribution in [-0.4, -0.2) is 12.6 Å². The first-order valence-electron chi connectivity index (χ1n) is 4.69. The lowest BCUT2D eigenvalue weighted by molar-refractivity contribution is -0.138. The van der Waals surface area contributed by atoms with Gasteiger partial charge in [-0.1, -0.05) is 24.3 Å². The minimum atomic E-state index is -0.349. The van der Waals surface area contributed by atoms with E-state index in [2.05, 4.69) is 0 Å². The number of rotatable bonds is 0. The van der Waals surface area contributed by atoms with Crippen LogP contribution >= 0.6 is 0 Å². The summed E-state index contributed by atoms with van der Waals surface area (Å²) in [6.45, 7) is -0.00859. The Kier molecular flexibility index (Phi) is 1.65. The summed E-state index contributed by atoms with van der Waals surface area (Å²) in [6, 6.07) is 11.6. The van der Waals surface area contributed by atoms with Crippen molar-refractivity contribution in [1.29, 1.82) is 0 Å². The Hall–Kier alpha value is -2.03. The number of carbonyl (C=O) groups excluding carboxylic acids is 1.